The zero-order valence-electron chi connectivity index (χ0n) is 7.61. The largest absolute Gasteiger partial charge is 0.274 e. The Morgan fingerprint density at radius 1 is 1.33 bits per heavy atom. The number of carbonyl (C=O) groups excluding carboxylic acids is 2. The van der Waals surface area contributed by atoms with Crippen LogP contribution in [0.5, 0.6) is 0 Å². The molecule has 1 aromatic rings. The highest BCUT2D eigenvalue weighted by Gasteiger charge is 2.18. The molecule has 0 saturated heterocycles. The maximum atomic E-state index is 11.6. The van der Waals surface area contributed by atoms with Gasteiger partial charge in [0, 0.05) is 10.0 Å². The summed E-state index contributed by atoms with van der Waals surface area (Å²) < 4.78 is 0.839. The molecule has 15 heavy (non-hydrogen) atoms. The van der Waals surface area contributed by atoms with Gasteiger partial charge in [-0.3, -0.25) is 9.59 Å². The summed E-state index contributed by atoms with van der Waals surface area (Å²) in [7, 11) is 0. The first-order chi connectivity index (χ1) is 7.06. The molecule has 80 valence electrons. The number of carbonyl (C=O) groups is 2. The third kappa shape index (κ3) is 3.02. The lowest BCUT2D eigenvalue weighted by Gasteiger charge is -2.12. The van der Waals surface area contributed by atoms with Crippen LogP contribution in [0.1, 0.15) is 10.4 Å². The van der Waals surface area contributed by atoms with Crippen molar-refractivity contribution in [3.8, 4) is 0 Å². The minimum atomic E-state index is -0.635. The zero-order valence-corrected chi connectivity index (χ0v) is 9.96. The van der Waals surface area contributed by atoms with Gasteiger partial charge in [-0.1, -0.05) is 15.9 Å². The van der Waals surface area contributed by atoms with Crippen molar-refractivity contribution in [2.24, 2.45) is 5.84 Å². The van der Waals surface area contributed by atoms with Crippen molar-refractivity contribution in [2.45, 2.75) is 0 Å². The fourth-order valence-electron chi connectivity index (χ4n) is 0.909. The number of nitrogens with two attached hydrogens (primary N) is 1. The highest BCUT2D eigenvalue weighted by Crippen LogP contribution is 2.11. The average molecular weight is 292 g/mol. The van der Waals surface area contributed by atoms with Crippen molar-refractivity contribution < 1.29 is 9.59 Å². The van der Waals surface area contributed by atoms with Crippen molar-refractivity contribution >= 4 is 39.3 Å². The van der Waals surface area contributed by atoms with Gasteiger partial charge in [-0.25, -0.2) is 10.9 Å². The van der Waals surface area contributed by atoms with E-state index in [1.54, 1.807) is 24.3 Å². The summed E-state index contributed by atoms with van der Waals surface area (Å²) in [5.74, 6) is 3.75. The zero-order chi connectivity index (χ0) is 11.4. The Bertz CT molecular complexity index is 380. The lowest BCUT2D eigenvalue weighted by molar-refractivity contribution is -0.126. The first-order valence-corrected chi connectivity index (χ1v) is 5.32. The number of alkyl halides is 1. The van der Waals surface area contributed by atoms with Crippen LogP contribution >= 0.6 is 27.5 Å². The molecule has 2 amide bonds. The molecule has 0 aromatic heterocycles. The van der Waals surface area contributed by atoms with Gasteiger partial charge in [0.15, 0.2) is 0 Å². The summed E-state index contributed by atoms with van der Waals surface area (Å²) >= 11 is 8.50. The molecule has 2 N–H and O–H groups in total. The fraction of sp³-hybridized carbons (Fsp3) is 0.111. The number of nitrogens with zero attached hydrogens (tertiary/aromatic N) is 1. The summed E-state index contributed by atoms with van der Waals surface area (Å²) in [6.07, 6.45) is 0. The van der Waals surface area contributed by atoms with Gasteiger partial charge in [-0.05, 0) is 24.3 Å². The minimum Gasteiger partial charge on any atom is -0.272 e. The van der Waals surface area contributed by atoms with Crippen LogP contribution in [0, 0.1) is 0 Å². The molecule has 0 spiro atoms. The molecule has 0 atom stereocenters. The predicted octanol–water partition coefficient (Wildman–Crippen LogP) is 1.53. The maximum Gasteiger partial charge on any atom is 0.274 e. The Morgan fingerprint density at radius 2 is 1.87 bits per heavy atom. The first kappa shape index (κ1) is 12.2. The van der Waals surface area contributed by atoms with Crippen molar-refractivity contribution in [2.75, 3.05) is 5.88 Å². The molecule has 6 heteroatoms. The standard InChI is InChI=1S/C9H8BrClN2O2/c10-7-3-1-6(2-4-7)9(15)13(12)8(14)5-11/h1-4H,5,12H2. The number of imide groups is 1. The Labute approximate surface area is 100 Å². The second kappa shape index (κ2) is 5.25. The molecule has 0 radical (unpaired) electrons. The van der Waals surface area contributed by atoms with Crippen LogP contribution in [0.15, 0.2) is 28.7 Å². The number of hydrogen-bond acceptors (Lipinski definition) is 3. The first-order valence-electron chi connectivity index (χ1n) is 3.99. The van der Waals surface area contributed by atoms with Gasteiger partial charge in [0.2, 0.25) is 0 Å². The van der Waals surface area contributed by atoms with Gasteiger partial charge in [-0.15, -0.1) is 11.6 Å². The van der Waals surface area contributed by atoms with E-state index in [1.807, 2.05) is 0 Å². The van der Waals surface area contributed by atoms with Gasteiger partial charge in [0.1, 0.15) is 5.88 Å². The van der Waals surface area contributed by atoms with Crippen LogP contribution in [0.3, 0.4) is 0 Å². The third-order valence-electron chi connectivity index (χ3n) is 1.69. The summed E-state index contributed by atoms with van der Waals surface area (Å²) in [6.45, 7) is 0. The van der Waals surface area contributed by atoms with Crippen molar-refractivity contribution in [3.63, 3.8) is 0 Å². The quantitative estimate of drug-likeness (QED) is 0.389. The van der Waals surface area contributed by atoms with E-state index in [1.165, 1.54) is 0 Å². The van der Waals surface area contributed by atoms with Gasteiger partial charge < -0.3 is 0 Å². The Kier molecular flexibility index (Phi) is 4.26. The summed E-state index contributed by atoms with van der Waals surface area (Å²) in [5.41, 5.74) is 0.333. The minimum absolute atomic E-state index is 0.321. The molecule has 4 nitrogen and oxygen atoms in total. The lowest BCUT2D eigenvalue weighted by Crippen LogP contribution is -2.43. The van der Waals surface area contributed by atoms with E-state index >= 15 is 0 Å². The lowest BCUT2D eigenvalue weighted by atomic mass is 10.2. The van der Waals surface area contributed by atoms with Crippen LogP contribution in [0.4, 0.5) is 0 Å². The van der Waals surface area contributed by atoms with Crippen LogP contribution in [0.25, 0.3) is 0 Å². The van der Waals surface area contributed by atoms with E-state index in [2.05, 4.69) is 15.9 Å². The van der Waals surface area contributed by atoms with Crippen molar-refractivity contribution in [1.29, 1.82) is 0 Å². The van der Waals surface area contributed by atoms with Gasteiger partial charge in [0.05, 0.1) is 0 Å². The van der Waals surface area contributed by atoms with Gasteiger partial charge in [0.25, 0.3) is 11.8 Å². The van der Waals surface area contributed by atoms with Crippen LogP contribution in [-0.2, 0) is 4.79 Å². The molecular formula is C9H8BrClN2O2. The molecule has 0 heterocycles. The second-order valence-electron chi connectivity index (χ2n) is 2.71. The number of hydrazine groups is 1. The molecule has 0 bridgehead atoms. The Balaban J connectivity index is 2.85. The molecule has 1 rings (SSSR count). The highest BCUT2D eigenvalue weighted by molar-refractivity contribution is 9.10. The van der Waals surface area contributed by atoms with Crippen LogP contribution in [-0.4, -0.2) is 22.7 Å². The van der Waals surface area contributed by atoms with Crippen LogP contribution < -0.4 is 5.84 Å². The van der Waals surface area contributed by atoms with E-state index < -0.39 is 11.8 Å². The van der Waals surface area contributed by atoms with E-state index in [4.69, 9.17) is 17.4 Å². The molecule has 0 aliphatic heterocycles. The topological polar surface area (TPSA) is 63.4 Å². The summed E-state index contributed by atoms with van der Waals surface area (Å²) in [5, 5.41) is 0.510. The number of benzene rings is 1. The number of halogens is 2. The summed E-state index contributed by atoms with van der Waals surface area (Å²) in [6, 6.07) is 6.50. The van der Waals surface area contributed by atoms with Crippen molar-refractivity contribution in [3.05, 3.63) is 34.3 Å². The fourth-order valence-corrected chi connectivity index (χ4v) is 1.30. The maximum absolute atomic E-state index is 11.6. The molecule has 0 unspecified atom stereocenters. The van der Waals surface area contributed by atoms with Gasteiger partial charge in [-0.2, -0.15) is 0 Å². The molecule has 0 aliphatic rings. The predicted molar refractivity (Wildman–Crippen MR) is 60.2 cm³/mol. The number of amides is 2. The third-order valence-corrected chi connectivity index (χ3v) is 2.45. The molecule has 0 aliphatic carbocycles. The van der Waals surface area contributed by atoms with E-state index in [0.29, 0.717) is 10.6 Å². The Hall–Kier alpha value is -0.910. The average Bonchev–Trinajstić information content (AvgIpc) is 2.27. The van der Waals surface area contributed by atoms with E-state index in [9.17, 15) is 9.59 Å². The second-order valence-corrected chi connectivity index (χ2v) is 3.89. The Morgan fingerprint density at radius 3 is 2.33 bits per heavy atom. The number of rotatable bonds is 2. The molecule has 0 saturated carbocycles. The van der Waals surface area contributed by atoms with Gasteiger partial charge >= 0.3 is 0 Å². The molecular weight excluding hydrogens is 283 g/mol. The van der Waals surface area contributed by atoms with E-state index in [0.717, 1.165) is 4.47 Å². The smallest absolute Gasteiger partial charge is 0.272 e. The van der Waals surface area contributed by atoms with Crippen LogP contribution in [0.2, 0.25) is 0 Å². The SMILES string of the molecule is NN(C(=O)CCl)C(=O)c1ccc(Br)cc1. The summed E-state index contributed by atoms with van der Waals surface area (Å²) in [4.78, 5) is 22.6. The monoisotopic (exact) mass is 290 g/mol. The molecule has 0 fully saturated rings. The van der Waals surface area contributed by atoms with Crippen molar-refractivity contribution in [1.82, 2.24) is 5.01 Å². The van der Waals surface area contributed by atoms with E-state index in [-0.39, 0.29) is 5.88 Å². The normalized spacial score (nSPS) is 9.80. The number of hydrogen-bond donors (Lipinski definition) is 1. The highest BCUT2D eigenvalue weighted by atomic mass is 79.9. The molecule has 1 aromatic carbocycles.